The number of nitrogens with two attached hydrogens (primary N) is 1. The van der Waals surface area contributed by atoms with Gasteiger partial charge in [0.05, 0.1) is 0 Å². The molecule has 16 heavy (non-hydrogen) atoms. The molecule has 4 nitrogen and oxygen atoms in total. The van der Waals surface area contributed by atoms with Crippen LogP contribution in [0, 0.1) is 0 Å². The van der Waals surface area contributed by atoms with E-state index in [1.54, 1.807) is 0 Å². The lowest BCUT2D eigenvalue weighted by molar-refractivity contribution is -0.121. The fourth-order valence-corrected chi connectivity index (χ4v) is 1.80. The minimum absolute atomic E-state index is 0.0439. The van der Waals surface area contributed by atoms with E-state index in [4.69, 9.17) is 5.73 Å². The Kier molecular flexibility index (Phi) is 7.34. The van der Waals surface area contributed by atoms with Gasteiger partial charge in [0.25, 0.3) is 0 Å². The number of hydrogen-bond acceptors (Lipinski definition) is 3. The molecule has 0 fully saturated rings. The molecule has 0 bridgehead atoms. The number of carbonyl (C=O) groups excluding carboxylic acids is 1. The van der Waals surface area contributed by atoms with E-state index >= 15 is 0 Å². The molecule has 0 aliphatic rings. The lowest BCUT2D eigenvalue weighted by Crippen LogP contribution is -2.43. The molecular formula is C12H27N3O. The SMILES string of the molecule is CC(N)CC(=O)NCCN(C(C)C)C(C)C. The van der Waals surface area contributed by atoms with Gasteiger partial charge in [0.2, 0.25) is 5.91 Å². The molecule has 0 aromatic carbocycles. The number of carbonyl (C=O) groups is 1. The third-order valence-corrected chi connectivity index (χ3v) is 2.53. The first-order valence-electron chi connectivity index (χ1n) is 6.12. The van der Waals surface area contributed by atoms with Crippen LogP contribution in [0.25, 0.3) is 0 Å². The van der Waals surface area contributed by atoms with Crippen LogP contribution >= 0.6 is 0 Å². The third-order valence-electron chi connectivity index (χ3n) is 2.53. The maximum atomic E-state index is 11.4. The average molecular weight is 229 g/mol. The quantitative estimate of drug-likeness (QED) is 0.683. The van der Waals surface area contributed by atoms with Crippen LogP contribution in [0.5, 0.6) is 0 Å². The number of nitrogens with one attached hydrogen (secondary N) is 1. The van der Waals surface area contributed by atoms with E-state index < -0.39 is 0 Å². The molecule has 0 rings (SSSR count). The van der Waals surface area contributed by atoms with Gasteiger partial charge in [0.15, 0.2) is 0 Å². The number of amides is 1. The van der Waals surface area contributed by atoms with Crippen molar-refractivity contribution in [3.8, 4) is 0 Å². The summed E-state index contributed by atoms with van der Waals surface area (Å²) in [4.78, 5) is 13.7. The van der Waals surface area contributed by atoms with Crippen LogP contribution in [-0.4, -0.2) is 42.0 Å². The minimum atomic E-state index is -0.0636. The van der Waals surface area contributed by atoms with Crippen molar-refractivity contribution in [2.75, 3.05) is 13.1 Å². The third kappa shape index (κ3) is 6.80. The summed E-state index contributed by atoms with van der Waals surface area (Å²) in [5.74, 6) is 0.0439. The van der Waals surface area contributed by atoms with E-state index in [-0.39, 0.29) is 11.9 Å². The zero-order chi connectivity index (χ0) is 12.7. The summed E-state index contributed by atoms with van der Waals surface area (Å²) in [7, 11) is 0. The molecule has 0 aliphatic carbocycles. The summed E-state index contributed by atoms with van der Waals surface area (Å²) in [5.41, 5.74) is 5.55. The van der Waals surface area contributed by atoms with Gasteiger partial charge in [-0.25, -0.2) is 0 Å². The Morgan fingerprint density at radius 3 is 2.06 bits per heavy atom. The van der Waals surface area contributed by atoms with E-state index in [0.29, 0.717) is 25.0 Å². The van der Waals surface area contributed by atoms with Crippen molar-refractivity contribution >= 4 is 5.91 Å². The molecule has 1 atom stereocenters. The summed E-state index contributed by atoms with van der Waals surface area (Å²) in [6.45, 7) is 12.1. The molecule has 4 heteroatoms. The average Bonchev–Trinajstić information content (AvgIpc) is 2.09. The van der Waals surface area contributed by atoms with Gasteiger partial charge in [-0.1, -0.05) is 0 Å². The van der Waals surface area contributed by atoms with Crippen molar-refractivity contribution in [3.63, 3.8) is 0 Å². The number of nitrogens with zero attached hydrogens (tertiary/aromatic N) is 1. The van der Waals surface area contributed by atoms with Crippen molar-refractivity contribution in [1.82, 2.24) is 10.2 Å². The maximum Gasteiger partial charge on any atom is 0.221 e. The molecule has 3 N–H and O–H groups in total. The van der Waals surface area contributed by atoms with Crippen LogP contribution < -0.4 is 11.1 Å². The minimum Gasteiger partial charge on any atom is -0.355 e. The molecule has 0 aliphatic heterocycles. The molecule has 0 spiro atoms. The Morgan fingerprint density at radius 1 is 1.19 bits per heavy atom. The second-order valence-electron chi connectivity index (χ2n) is 4.96. The monoisotopic (exact) mass is 229 g/mol. The predicted octanol–water partition coefficient (Wildman–Crippen LogP) is 0.959. The first kappa shape index (κ1) is 15.4. The normalized spacial score (nSPS) is 13.6. The Balaban J connectivity index is 3.82. The standard InChI is InChI=1S/C12H27N3O/c1-9(2)15(10(3)4)7-6-14-12(16)8-11(5)13/h9-11H,6-8,13H2,1-5H3,(H,14,16). The van der Waals surface area contributed by atoms with Crippen molar-refractivity contribution < 1.29 is 4.79 Å². The molecule has 0 aromatic rings. The Morgan fingerprint density at radius 2 is 1.69 bits per heavy atom. The highest BCUT2D eigenvalue weighted by molar-refractivity contribution is 5.76. The number of rotatable bonds is 7. The Bertz CT molecular complexity index is 194. The zero-order valence-electron chi connectivity index (χ0n) is 11.3. The van der Waals surface area contributed by atoms with E-state index in [1.807, 2.05) is 6.92 Å². The summed E-state index contributed by atoms with van der Waals surface area (Å²) in [6, 6.07) is 0.946. The lowest BCUT2D eigenvalue weighted by Gasteiger charge is -2.30. The molecule has 1 amide bonds. The molecular weight excluding hydrogens is 202 g/mol. The van der Waals surface area contributed by atoms with Crippen molar-refractivity contribution in [3.05, 3.63) is 0 Å². The topological polar surface area (TPSA) is 58.4 Å². The summed E-state index contributed by atoms with van der Waals surface area (Å²) < 4.78 is 0. The molecule has 0 aromatic heterocycles. The smallest absolute Gasteiger partial charge is 0.221 e. The van der Waals surface area contributed by atoms with Gasteiger partial charge in [-0.05, 0) is 34.6 Å². The van der Waals surface area contributed by atoms with E-state index in [0.717, 1.165) is 6.54 Å². The van der Waals surface area contributed by atoms with Crippen molar-refractivity contribution in [2.45, 2.75) is 59.2 Å². The first-order valence-corrected chi connectivity index (χ1v) is 6.12. The maximum absolute atomic E-state index is 11.4. The lowest BCUT2D eigenvalue weighted by atomic mass is 10.2. The Hall–Kier alpha value is -0.610. The first-order chi connectivity index (χ1) is 7.34. The second-order valence-corrected chi connectivity index (χ2v) is 4.96. The van der Waals surface area contributed by atoms with Gasteiger partial charge in [-0.15, -0.1) is 0 Å². The summed E-state index contributed by atoms with van der Waals surface area (Å²) in [6.07, 6.45) is 0.406. The van der Waals surface area contributed by atoms with Gasteiger partial charge in [0, 0.05) is 37.6 Å². The van der Waals surface area contributed by atoms with Crippen LogP contribution in [0.1, 0.15) is 41.0 Å². The number of hydrogen-bond donors (Lipinski definition) is 2. The molecule has 0 saturated carbocycles. The highest BCUT2D eigenvalue weighted by atomic mass is 16.1. The fraction of sp³-hybridized carbons (Fsp3) is 0.917. The van der Waals surface area contributed by atoms with Gasteiger partial charge >= 0.3 is 0 Å². The zero-order valence-corrected chi connectivity index (χ0v) is 11.3. The van der Waals surface area contributed by atoms with E-state index in [1.165, 1.54) is 0 Å². The fourth-order valence-electron chi connectivity index (χ4n) is 1.80. The largest absolute Gasteiger partial charge is 0.355 e. The molecule has 0 saturated heterocycles. The van der Waals surface area contributed by atoms with Crippen molar-refractivity contribution in [2.24, 2.45) is 5.73 Å². The van der Waals surface area contributed by atoms with Crippen LogP contribution in [0.15, 0.2) is 0 Å². The summed E-state index contributed by atoms with van der Waals surface area (Å²) >= 11 is 0. The van der Waals surface area contributed by atoms with Gasteiger partial charge < -0.3 is 11.1 Å². The summed E-state index contributed by atoms with van der Waals surface area (Å²) in [5, 5.41) is 2.89. The van der Waals surface area contributed by atoms with Gasteiger partial charge in [0.1, 0.15) is 0 Å². The highest BCUT2D eigenvalue weighted by Crippen LogP contribution is 2.03. The molecule has 1 unspecified atom stereocenters. The van der Waals surface area contributed by atoms with Crippen LogP contribution in [-0.2, 0) is 4.79 Å². The van der Waals surface area contributed by atoms with Crippen LogP contribution in [0.3, 0.4) is 0 Å². The van der Waals surface area contributed by atoms with Crippen LogP contribution in [0.4, 0.5) is 0 Å². The molecule has 96 valence electrons. The van der Waals surface area contributed by atoms with E-state index in [2.05, 4.69) is 37.9 Å². The second kappa shape index (κ2) is 7.63. The molecule has 0 heterocycles. The van der Waals surface area contributed by atoms with Crippen LogP contribution in [0.2, 0.25) is 0 Å². The predicted molar refractivity (Wildman–Crippen MR) is 68.3 cm³/mol. The van der Waals surface area contributed by atoms with E-state index in [9.17, 15) is 4.79 Å². The van der Waals surface area contributed by atoms with Gasteiger partial charge in [-0.3, -0.25) is 9.69 Å². The highest BCUT2D eigenvalue weighted by Gasteiger charge is 2.13. The van der Waals surface area contributed by atoms with Gasteiger partial charge in [-0.2, -0.15) is 0 Å². The molecule has 0 radical (unpaired) electrons. The van der Waals surface area contributed by atoms with Crippen molar-refractivity contribution in [1.29, 1.82) is 0 Å². The Labute approximate surface area is 99.6 Å².